The Morgan fingerprint density at radius 2 is 2.25 bits per heavy atom. The van der Waals surface area contributed by atoms with Gasteiger partial charge in [0.15, 0.2) is 0 Å². The van der Waals surface area contributed by atoms with E-state index in [2.05, 4.69) is 22.5 Å². The van der Waals surface area contributed by atoms with Gasteiger partial charge in [0, 0.05) is 19.3 Å². The van der Waals surface area contributed by atoms with Gasteiger partial charge in [-0.15, -0.1) is 0 Å². The highest BCUT2D eigenvalue weighted by Crippen LogP contribution is 2.26. The lowest BCUT2D eigenvalue weighted by Crippen LogP contribution is -2.43. The number of nitrogens with one attached hydrogen (secondary N) is 2. The summed E-state index contributed by atoms with van der Waals surface area (Å²) in [5, 5.41) is 6.00. The van der Waals surface area contributed by atoms with E-state index >= 15 is 0 Å². The van der Waals surface area contributed by atoms with E-state index in [1.807, 2.05) is 0 Å². The summed E-state index contributed by atoms with van der Waals surface area (Å²) in [6, 6.07) is 2.09. The Kier molecular flexibility index (Phi) is 3.08. The molecule has 0 radical (unpaired) electrons. The van der Waals surface area contributed by atoms with Crippen LogP contribution in [0, 0.1) is 5.92 Å². The molecule has 86 valence electrons. The Balaban J connectivity index is 2.03. The molecule has 1 aromatic heterocycles. The van der Waals surface area contributed by atoms with Crippen LogP contribution in [0.3, 0.4) is 0 Å². The average molecular weight is 219 g/mol. The largest absolute Gasteiger partial charge is 0.386 e. The monoisotopic (exact) mass is 219 g/mol. The minimum absolute atomic E-state index is 0.0105. The molecule has 1 amide bonds. The summed E-state index contributed by atoms with van der Waals surface area (Å²) >= 11 is 0. The van der Waals surface area contributed by atoms with Crippen molar-refractivity contribution in [2.24, 2.45) is 5.92 Å². The molecule has 1 saturated carbocycles. The second-order valence-electron chi connectivity index (χ2n) is 4.42. The molecule has 0 bridgehead atoms. The minimum Gasteiger partial charge on any atom is -0.386 e. The molecule has 1 aromatic rings. The third kappa shape index (κ3) is 2.15. The van der Waals surface area contributed by atoms with E-state index < -0.39 is 0 Å². The molecule has 2 rings (SSSR count). The number of aromatic nitrogens is 1. The maximum Gasteiger partial charge on any atom is 0.253 e. The van der Waals surface area contributed by atoms with Gasteiger partial charge >= 0.3 is 0 Å². The molecule has 4 heteroatoms. The van der Waals surface area contributed by atoms with Crippen molar-refractivity contribution in [3.63, 3.8) is 0 Å². The quantitative estimate of drug-likeness (QED) is 0.812. The molecular formula is C12H17N3O. The Morgan fingerprint density at radius 1 is 1.50 bits per heavy atom. The normalized spacial score (nSPS) is 23.4. The van der Waals surface area contributed by atoms with E-state index in [0.717, 1.165) is 24.4 Å². The van der Waals surface area contributed by atoms with Gasteiger partial charge in [-0.3, -0.25) is 9.78 Å². The van der Waals surface area contributed by atoms with Crippen LogP contribution in [0.2, 0.25) is 0 Å². The number of anilines is 1. The first-order chi connectivity index (χ1) is 7.70. The summed E-state index contributed by atoms with van der Waals surface area (Å²) in [4.78, 5) is 15.9. The predicted octanol–water partition coefficient (Wildman–Crippen LogP) is 1.65. The van der Waals surface area contributed by atoms with E-state index in [0.29, 0.717) is 11.6 Å². The van der Waals surface area contributed by atoms with E-state index in [9.17, 15) is 4.79 Å². The second kappa shape index (κ2) is 4.51. The summed E-state index contributed by atoms with van der Waals surface area (Å²) < 4.78 is 0. The number of amides is 1. The van der Waals surface area contributed by atoms with Crippen LogP contribution in [-0.4, -0.2) is 24.0 Å². The van der Waals surface area contributed by atoms with Crippen LogP contribution in [0.4, 0.5) is 5.69 Å². The SMILES string of the molecule is CNc1cnccc1C(=O)NC1CC(C)C1. The lowest BCUT2D eigenvalue weighted by molar-refractivity contribution is 0.0897. The van der Waals surface area contributed by atoms with Gasteiger partial charge in [0.05, 0.1) is 17.4 Å². The molecule has 0 atom stereocenters. The van der Waals surface area contributed by atoms with Gasteiger partial charge in [0.2, 0.25) is 0 Å². The summed E-state index contributed by atoms with van der Waals surface area (Å²) in [5.74, 6) is 0.732. The first-order valence-corrected chi connectivity index (χ1v) is 5.63. The fourth-order valence-corrected chi connectivity index (χ4v) is 2.08. The van der Waals surface area contributed by atoms with E-state index in [1.165, 1.54) is 0 Å². The van der Waals surface area contributed by atoms with Crippen molar-refractivity contribution >= 4 is 11.6 Å². The molecule has 0 aromatic carbocycles. The van der Waals surface area contributed by atoms with Crippen molar-refractivity contribution in [3.8, 4) is 0 Å². The molecule has 4 nitrogen and oxygen atoms in total. The van der Waals surface area contributed by atoms with Gasteiger partial charge < -0.3 is 10.6 Å². The summed E-state index contributed by atoms with van der Waals surface area (Å²) in [6.45, 7) is 2.20. The van der Waals surface area contributed by atoms with Crippen LogP contribution in [0.5, 0.6) is 0 Å². The van der Waals surface area contributed by atoms with Crippen LogP contribution < -0.4 is 10.6 Å². The van der Waals surface area contributed by atoms with Gasteiger partial charge in [-0.05, 0) is 24.8 Å². The van der Waals surface area contributed by atoms with Gasteiger partial charge in [0.25, 0.3) is 5.91 Å². The Hall–Kier alpha value is -1.58. The fraction of sp³-hybridized carbons (Fsp3) is 0.500. The minimum atomic E-state index is -0.0105. The maximum absolute atomic E-state index is 12.0. The first-order valence-electron chi connectivity index (χ1n) is 5.63. The van der Waals surface area contributed by atoms with Gasteiger partial charge in [0.1, 0.15) is 0 Å². The van der Waals surface area contributed by atoms with Gasteiger partial charge in [-0.1, -0.05) is 6.92 Å². The second-order valence-corrected chi connectivity index (χ2v) is 4.42. The zero-order valence-corrected chi connectivity index (χ0v) is 9.66. The number of hydrogen-bond donors (Lipinski definition) is 2. The fourth-order valence-electron chi connectivity index (χ4n) is 2.08. The predicted molar refractivity (Wildman–Crippen MR) is 63.4 cm³/mol. The van der Waals surface area contributed by atoms with Crippen molar-refractivity contribution in [3.05, 3.63) is 24.0 Å². The highest BCUT2D eigenvalue weighted by atomic mass is 16.1. The standard InChI is InChI=1S/C12H17N3O/c1-8-5-9(6-8)15-12(16)10-3-4-14-7-11(10)13-2/h3-4,7-9,13H,5-6H2,1-2H3,(H,15,16). The smallest absolute Gasteiger partial charge is 0.253 e. The molecule has 0 unspecified atom stereocenters. The third-order valence-electron chi connectivity index (χ3n) is 3.04. The molecule has 1 heterocycles. The first kappa shape index (κ1) is 10.9. The molecule has 0 spiro atoms. The third-order valence-corrected chi connectivity index (χ3v) is 3.04. The molecule has 0 aliphatic heterocycles. The van der Waals surface area contributed by atoms with Crippen LogP contribution in [0.25, 0.3) is 0 Å². The zero-order valence-electron chi connectivity index (χ0n) is 9.66. The Bertz CT molecular complexity index is 386. The summed E-state index contributed by atoms with van der Waals surface area (Å²) in [5.41, 5.74) is 1.43. The number of hydrogen-bond acceptors (Lipinski definition) is 3. The highest BCUT2D eigenvalue weighted by Gasteiger charge is 2.27. The van der Waals surface area contributed by atoms with Gasteiger partial charge in [-0.25, -0.2) is 0 Å². The molecular weight excluding hydrogens is 202 g/mol. The molecule has 16 heavy (non-hydrogen) atoms. The van der Waals surface area contributed by atoms with E-state index in [4.69, 9.17) is 0 Å². The molecule has 2 N–H and O–H groups in total. The van der Waals surface area contributed by atoms with Crippen molar-refractivity contribution in [1.82, 2.24) is 10.3 Å². The van der Waals surface area contributed by atoms with Gasteiger partial charge in [-0.2, -0.15) is 0 Å². The summed E-state index contributed by atoms with van der Waals surface area (Å²) in [7, 11) is 1.79. The number of carbonyl (C=O) groups excluding carboxylic acids is 1. The average Bonchev–Trinajstić information content (AvgIpc) is 2.27. The van der Waals surface area contributed by atoms with E-state index in [-0.39, 0.29) is 5.91 Å². The van der Waals surface area contributed by atoms with Crippen LogP contribution in [-0.2, 0) is 0 Å². The van der Waals surface area contributed by atoms with Crippen LogP contribution in [0.15, 0.2) is 18.5 Å². The van der Waals surface area contributed by atoms with Crippen molar-refractivity contribution in [1.29, 1.82) is 0 Å². The van der Waals surface area contributed by atoms with Crippen LogP contribution >= 0.6 is 0 Å². The van der Waals surface area contributed by atoms with Crippen molar-refractivity contribution in [2.75, 3.05) is 12.4 Å². The van der Waals surface area contributed by atoms with Crippen molar-refractivity contribution in [2.45, 2.75) is 25.8 Å². The highest BCUT2D eigenvalue weighted by molar-refractivity contribution is 5.99. The lowest BCUT2D eigenvalue weighted by atomic mass is 9.82. The molecule has 1 aliphatic rings. The van der Waals surface area contributed by atoms with E-state index in [1.54, 1.807) is 25.5 Å². The number of rotatable bonds is 3. The molecule has 0 saturated heterocycles. The lowest BCUT2D eigenvalue weighted by Gasteiger charge is -2.33. The topological polar surface area (TPSA) is 54.0 Å². The number of pyridine rings is 1. The number of carbonyl (C=O) groups is 1. The Labute approximate surface area is 95.5 Å². The molecule has 1 fully saturated rings. The molecule has 1 aliphatic carbocycles. The summed E-state index contributed by atoms with van der Waals surface area (Å²) in [6.07, 6.45) is 5.48. The zero-order chi connectivity index (χ0) is 11.5. The van der Waals surface area contributed by atoms with Crippen molar-refractivity contribution < 1.29 is 4.79 Å². The maximum atomic E-state index is 12.0. The number of nitrogens with zero attached hydrogens (tertiary/aromatic N) is 1. The van der Waals surface area contributed by atoms with Crippen LogP contribution in [0.1, 0.15) is 30.1 Å². The Morgan fingerprint density at radius 3 is 2.88 bits per heavy atom.